The van der Waals surface area contributed by atoms with Gasteiger partial charge >= 0.3 is 0 Å². The van der Waals surface area contributed by atoms with Crippen LogP contribution in [0, 0.1) is 25.2 Å². The number of imidazole rings is 1. The Morgan fingerprint density at radius 2 is 1.89 bits per heavy atom. The van der Waals surface area contributed by atoms with Gasteiger partial charge in [0, 0.05) is 11.4 Å². The number of H-pyrrole nitrogens is 1. The zero-order valence-corrected chi connectivity index (χ0v) is 15.7. The van der Waals surface area contributed by atoms with Crippen molar-refractivity contribution in [2.24, 2.45) is 0 Å². The van der Waals surface area contributed by atoms with E-state index in [-0.39, 0.29) is 0 Å². The van der Waals surface area contributed by atoms with E-state index in [4.69, 9.17) is 11.6 Å². The Balaban J connectivity index is 1.82. The van der Waals surface area contributed by atoms with Crippen LogP contribution in [0.25, 0.3) is 28.4 Å². The van der Waals surface area contributed by atoms with Crippen molar-refractivity contribution in [1.82, 2.24) is 14.5 Å². The lowest BCUT2D eigenvalue weighted by Crippen LogP contribution is -1.99. The van der Waals surface area contributed by atoms with Gasteiger partial charge in [0.05, 0.1) is 27.3 Å². The number of aromatic nitrogens is 3. The normalized spacial score (nSPS) is 11.7. The first kappa shape index (κ1) is 17.1. The number of aryl methyl sites for hydroxylation is 1. The molecule has 2 aromatic carbocycles. The van der Waals surface area contributed by atoms with E-state index in [1.165, 1.54) is 0 Å². The maximum atomic E-state index is 9.69. The molecule has 5 heteroatoms. The summed E-state index contributed by atoms with van der Waals surface area (Å²) in [6, 6.07) is 19.8. The van der Waals surface area contributed by atoms with Gasteiger partial charge in [0.25, 0.3) is 0 Å². The van der Waals surface area contributed by atoms with E-state index in [1.54, 1.807) is 0 Å². The smallest absolute Gasteiger partial charge is 0.149 e. The van der Waals surface area contributed by atoms with Crippen molar-refractivity contribution in [3.05, 3.63) is 82.4 Å². The van der Waals surface area contributed by atoms with E-state index in [2.05, 4.69) is 26.7 Å². The number of benzene rings is 2. The predicted molar refractivity (Wildman–Crippen MR) is 110 cm³/mol. The zero-order valence-electron chi connectivity index (χ0n) is 15.0. The number of para-hydroxylation sites is 3. The molecule has 2 heterocycles. The molecule has 0 aliphatic rings. The van der Waals surface area contributed by atoms with Crippen LogP contribution in [0.1, 0.15) is 22.8 Å². The number of allylic oxidation sites excluding steroid dienone is 1. The van der Waals surface area contributed by atoms with Crippen molar-refractivity contribution in [3.8, 4) is 11.8 Å². The molecule has 0 spiro atoms. The first-order valence-electron chi connectivity index (χ1n) is 8.59. The summed E-state index contributed by atoms with van der Waals surface area (Å²) in [5, 5.41) is 10.4. The predicted octanol–water partition coefficient (Wildman–Crippen LogP) is 5.69. The van der Waals surface area contributed by atoms with Crippen LogP contribution in [0.5, 0.6) is 0 Å². The molecule has 0 bridgehead atoms. The number of rotatable bonds is 3. The summed E-state index contributed by atoms with van der Waals surface area (Å²) in [5.74, 6) is 0.571. The molecule has 0 saturated carbocycles. The number of hydrogen-bond acceptors (Lipinski definition) is 2. The van der Waals surface area contributed by atoms with E-state index in [0.717, 1.165) is 33.7 Å². The second kappa shape index (κ2) is 6.79. The van der Waals surface area contributed by atoms with Crippen LogP contribution in [0.3, 0.4) is 0 Å². The highest BCUT2D eigenvalue weighted by molar-refractivity contribution is 6.32. The van der Waals surface area contributed by atoms with Gasteiger partial charge in [-0.3, -0.25) is 0 Å². The molecule has 0 amide bonds. The Morgan fingerprint density at radius 3 is 2.63 bits per heavy atom. The molecule has 0 aliphatic heterocycles. The summed E-state index contributed by atoms with van der Waals surface area (Å²) in [6.07, 6.45) is 1.87. The molecule has 1 N–H and O–H groups in total. The molecule has 0 unspecified atom stereocenters. The summed E-state index contributed by atoms with van der Waals surface area (Å²) in [7, 11) is 0. The van der Waals surface area contributed by atoms with Crippen LogP contribution in [-0.4, -0.2) is 14.5 Å². The standard InChI is InChI=1S/C22H17ClN4/c1-14-11-16(15(2)27(14)21-10-6-3-7-18(21)23)12-17(13-24)22-25-19-8-4-5-9-20(19)26-22/h3-12H,1-2H3,(H,25,26). The molecule has 0 aliphatic carbocycles. The minimum atomic E-state index is 0.491. The van der Waals surface area contributed by atoms with E-state index in [1.807, 2.05) is 68.5 Å². The SMILES string of the molecule is Cc1cc(C=C(C#N)c2nc3ccccc3[nH]2)c(C)n1-c1ccccc1Cl. The quantitative estimate of drug-likeness (QED) is 0.470. The van der Waals surface area contributed by atoms with Gasteiger partial charge in [-0.25, -0.2) is 4.98 Å². The number of nitriles is 1. The molecule has 0 fully saturated rings. The van der Waals surface area contributed by atoms with E-state index >= 15 is 0 Å². The van der Waals surface area contributed by atoms with Crippen molar-refractivity contribution >= 4 is 34.3 Å². The van der Waals surface area contributed by atoms with Gasteiger partial charge in [-0.2, -0.15) is 5.26 Å². The van der Waals surface area contributed by atoms with Crippen LogP contribution in [0.4, 0.5) is 0 Å². The maximum Gasteiger partial charge on any atom is 0.149 e. The molecule has 132 valence electrons. The first-order chi connectivity index (χ1) is 13.1. The Morgan fingerprint density at radius 1 is 1.15 bits per heavy atom. The van der Waals surface area contributed by atoms with Crippen molar-refractivity contribution in [2.75, 3.05) is 0 Å². The Kier molecular flexibility index (Phi) is 4.31. The van der Waals surface area contributed by atoms with Crippen molar-refractivity contribution in [2.45, 2.75) is 13.8 Å². The summed E-state index contributed by atoms with van der Waals surface area (Å²) in [5.41, 5.74) is 6.20. The van der Waals surface area contributed by atoms with Crippen LogP contribution in [-0.2, 0) is 0 Å². The van der Waals surface area contributed by atoms with Gasteiger partial charge in [-0.1, -0.05) is 35.9 Å². The fourth-order valence-corrected chi connectivity index (χ4v) is 3.55. The molecular weight excluding hydrogens is 356 g/mol. The third-order valence-corrected chi connectivity index (χ3v) is 4.95. The largest absolute Gasteiger partial charge is 0.337 e. The maximum absolute atomic E-state index is 9.69. The Bertz CT molecular complexity index is 1190. The minimum Gasteiger partial charge on any atom is -0.337 e. The molecule has 27 heavy (non-hydrogen) atoms. The van der Waals surface area contributed by atoms with Crippen molar-refractivity contribution < 1.29 is 0 Å². The number of fused-ring (bicyclic) bond motifs is 1. The summed E-state index contributed by atoms with van der Waals surface area (Å²) < 4.78 is 2.10. The highest BCUT2D eigenvalue weighted by atomic mass is 35.5. The van der Waals surface area contributed by atoms with E-state index < -0.39 is 0 Å². The fraction of sp³-hybridized carbons (Fsp3) is 0.0909. The van der Waals surface area contributed by atoms with Crippen molar-refractivity contribution in [1.29, 1.82) is 5.26 Å². The lowest BCUT2D eigenvalue weighted by molar-refractivity contribution is 0.965. The number of nitrogens with zero attached hydrogens (tertiary/aromatic N) is 3. The lowest BCUT2D eigenvalue weighted by Gasteiger charge is -2.11. The fourth-order valence-electron chi connectivity index (χ4n) is 3.33. The van der Waals surface area contributed by atoms with Crippen LogP contribution in [0.15, 0.2) is 54.6 Å². The number of hydrogen-bond donors (Lipinski definition) is 1. The molecular formula is C22H17ClN4. The van der Waals surface area contributed by atoms with Crippen LogP contribution < -0.4 is 0 Å². The second-order valence-corrected chi connectivity index (χ2v) is 6.79. The second-order valence-electron chi connectivity index (χ2n) is 6.39. The molecule has 0 radical (unpaired) electrons. The molecule has 4 aromatic rings. The van der Waals surface area contributed by atoms with Crippen LogP contribution >= 0.6 is 11.6 Å². The lowest BCUT2D eigenvalue weighted by atomic mass is 10.1. The molecule has 4 rings (SSSR count). The van der Waals surface area contributed by atoms with Gasteiger partial charge in [0.2, 0.25) is 0 Å². The average Bonchev–Trinajstić information content (AvgIpc) is 3.21. The van der Waals surface area contributed by atoms with Crippen LogP contribution in [0.2, 0.25) is 5.02 Å². The van der Waals surface area contributed by atoms with E-state index in [9.17, 15) is 5.26 Å². The van der Waals surface area contributed by atoms with Gasteiger partial charge in [-0.05, 0) is 55.8 Å². The molecule has 0 atom stereocenters. The molecule has 2 aromatic heterocycles. The number of halogens is 1. The third kappa shape index (κ3) is 3.03. The summed E-state index contributed by atoms with van der Waals surface area (Å²) in [4.78, 5) is 7.76. The van der Waals surface area contributed by atoms with Crippen molar-refractivity contribution in [3.63, 3.8) is 0 Å². The number of aromatic amines is 1. The number of nitrogens with one attached hydrogen (secondary N) is 1. The van der Waals surface area contributed by atoms with Gasteiger partial charge in [-0.15, -0.1) is 0 Å². The summed E-state index contributed by atoms with van der Waals surface area (Å²) >= 11 is 6.38. The Labute approximate surface area is 162 Å². The first-order valence-corrected chi connectivity index (χ1v) is 8.97. The monoisotopic (exact) mass is 372 g/mol. The Hall–Kier alpha value is -3.29. The van der Waals surface area contributed by atoms with E-state index in [0.29, 0.717) is 16.4 Å². The highest BCUT2D eigenvalue weighted by Gasteiger charge is 2.14. The average molecular weight is 373 g/mol. The molecule has 4 nitrogen and oxygen atoms in total. The zero-order chi connectivity index (χ0) is 19.0. The van der Waals surface area contributed by atoms with Gasteiger partial charge < -0.3 is 9.55 Å². The highest BCUT2D eigenvalue weighted by Crippen LogP contribution is 2.28. The van der Waals surface area contributed by atoms with Gasteiger partial charge in [0.1, 0.15) is 11.9 Å². The van der Waals surface area contributed by atoms with Gasteiger partial charge in [0.15, 0.2) is 0 Å². The topological polar surface area (TPSA) is 57.4 Å². The minimum absolute atomic E-state index is 0.491. The summed E-state index contributed by atoms with van der Waals surface area (Å²) in [6.45, 7) is 4.05. The molecule has 0 saturated heterocycles. The third-order valence-electron chi connectivity index (χ3n) is 4.63.